The van der Waals surface area contributed by atoms with Crippen LogP contribution in [-0.2, 0) is 14.3 Å². The number of nitrogens with two attached hydrogens (primary N) is 1. The number of carbonyl (C=O) groups is 1. The molecule has 202 valence electrons. The zero-order valence-corrected chi connectivity index (χ0v) is 21.1. The van der Waals surface area contributed by atoms with Crippen molar-refractivity contribution in [1.29, 1.82) is 0 Å². The van der Waals surface area contributed by atoms with E-state index in [0.29, 0.717) is 6.54 Å². The molecule has 1 saturated heterocycles. The van der Waals surface area contributed by atoms with Gasteiger partial charge in [-0.3, -0.25) is 4.79 Å². The van der Waals surface area contributed by atoms with E-state index in [0.717, 1.165) is 12.8 Å². The number of hydrogen-bond donors (Lipinski definition) is 6. The number of ether oxygens (including phenoxy) is 2. The third-order valence-corrected chi connectivity index (χ3v) is 6.45. The molecule has 0 radical (unpaired) electrons. The fourth-order valence-corrected chi connectivity index (χ4v) is 4.14. The second-order valence-electron chi connectivity index (χ2n) is 9.52. The van der Waals surface area contributed by atoms with Crippen LogP contribution in [0.25, 0.3) is 0 Å². The lowest BCUT2D eigenvalue weighted by atomic mass is 9.99. The van der Waals surface area contributed by atoms with Gasteiger partial charge in [-0.2, -0.15) is 0 Å². The van der Waals surface area contributed by atoms with Crippen molar-refractivity contribution in [3.63, 3.8) is 0 Å². The average molecular weight is 491 g/mol. The summed E-state index contributed by atoms with van der Waals surface area (Å²) in [6, 6.07) is -0.959. The number of amides is 1. The molecule has 1 heterocycles. The fourth-order valence-electron chi connectivity index (χ4n) is 4.14. The Balaban J connectivity index is 1.99. The molecule has 7 N–H and O–H groups in total. The highest BCUT2D eigenvalue weighted by molar-refractivity contribution is 5.81. The number of hydrogen-bond acceptors (Lipinski definition) is 8. The maximum Gasteiger partial charge on any atom is 0.239 e. The van der Waals surface area contributed by atoms with E-state index >= 15 is 0 Å². The van der Waals surface area contributed by atoms with Gasteiger partial charge in [0.1, 0.15) is 30.5 Å². The van der Waals surface area contributed by atoms with Crippen LogP contribution in [0.4, 0.5) is 0 Å². The van der Waals surface area contributed by atoms with Crippen LogP contribution in [0, 0.1) is 0 Å². The first-order chi connectivity index (χ1) is 16.4. The Labute approximate surface area is 205 Å². The summed E-state index contributed by atoms with van der Waals surface area (Å²) >= 11 is 0. The molecule has 1 aliphatic heterocycles. The largest absolute Gasteiger partial charge is 0.394 e. The molecular weight excluding hydrogens is 440 g/mol. The van der Waals surface area contributed by atoms with Gasteiger partial charge in [0.15, 0.2) is 6.29 Å². The molecule has 0 bridgehead atoms. The van der Waals surface area contributed by atoms with Crippen molar-refractivity contribution < 1.29 is 34.7 Å². The number of carbonyl (C=O) groups excluding carboxylic acids is 1. The third-order valence-electron chi connectivity index (χ3n) is 6.45. The summed E-state index contributed by atoms with van der Waals surface area (Å²) in [7, 11) is 0. The van der Waals surface area contributed by atoms with E-state index in [9.17, 15) is 25.2 Å². The Hall–Kier alpha value is -0.810. The van der Waals surface area contributed by atoms with E-state index in [1.807, 2.05) is 0 Å². The van der Waals surface area contributed by atoms with Gasteiger partial charge < -0.3 is 41.0 Å². The molecule has 0 aromatic heterocycles. The molecule has 0 spiro atoms. The molecule has 0 aromatic rings. The van der Waals surface area contributed by atoms with E-state index in [1.54, 1.807) is 0 Å². The van der Waals surface area contributed by atoms with Crippen molar-refractivity contribution >= 4 is 5.91 Å². The predicted molar refractivity (Wildman–Crippen MR) is 131 cm³/mol. The van der Waals surface area contributed by atoms with E-state index in [4.69, 9.17) is 15.2 Å². The number of aliphatic hydroxyl groups is 4. The van der Waals surface area contributed by atoms with Crippen molar-refractivity contribution in [1.82, 2.24) is 5.32 Å². The molecule has 1 aliphatic rings. The minimum Gasteiger partial charge on any atom is -0.394 e. The summed E-state index contributed by atoms with van der Waals surface area (Å²) in [5.74, 6) is -0.362. The van der Waals surface area contributed by atoms with Crippen molar-refractivity contribution in [3.8, 4) is 0 Å². The Morgan fingerprint density at radius 3 is 1.85 bits per heavy atom. The number of nitrogens with one attached hydrogen (secondary N) is 1. The summed E-state index contributed by atoms with van der Waals surface area (Å²) in [6.07, 6.45) is 11.0. The Morgan fingerprint density at radius 1 is 0.853 bits per heavy atom. The molecule has 0 saturated carbocycles. The Kier molecular flexibility index (Phi) is 17.8. The molecule has 0 unspecified atom stereocenters. The van der Waals surface area contributed by atoms with Crippen molar-refractivity contribution in [2.24, 2.45) is 5.73 Å². The van der Waals surface area contributed by atoms with Gasteiger partial charge in [-0.05, 0) is 6.42 Å². The van der Waals surface area contributed by atoms with E-state index in [2.05, 4.69) is 12.2 Å². The lowest BCUT2D eigenvalue weighted by Gasteiger charge is -2.39. The third kappa shape index (κ3) is 12.8. The normalized spacial score (nSPS) is 25.9. The van der Waals surface area contributed by atoms with E-state index < -0.39 is 43.4 Å². The van der Waals surface area contributed by atoms with Crippen LogP contribution in [0.1, 0.15) is 96.8 Å². The number of aliphatic hydroxyl groups excluding tert-OH is 4. The molecule has 6 atom stereocenters. The molecule has 9 nitrogen and oxygen atoms in total. The topological polar surface area (TPSA) is 154 Å². The minimum atomic E-state index is -1.53. The molecule has 1 amide bonds. The van der Waals surface area contributed by atoms with Gasteiger partial charge >= 0.3 is 0 Å². The van der Waals surface area contributed by atoms with Gasteiger partial charge in [-0.15, -0.1) is 0 Å². The average Bonchev–Trinajstić information content (AvgIpc) is 2.84. The fraction of sp³-hybridized carbons (Fsp3) is 0.960. The predicted octanol–water partition coefficient (Wildman–Crippen LogP) is 1.73. The van der Waals surface area contributed by atoms with Crippen molar-refractivity contribution in [2.75, 3.05) is 19.8 Å². The van der Waals surface area contributed by atoms with Crippen LogP contribution in [0.2, 0.25) is 0 Å². The zero-order valence-electron chi connectivity index (χ0n) is 21.1. The van der Waals surface area contributed by atoms with Crippen LogP contribution in [0.3, 0.4) is 0 Å². The SMILES string of the molecule is CCCCCCCCCCCCCCCCNC(=O)[C@@H](N)CO[C@@H]1O[C@H](CO)[C@H](O)[C@H](O)[C@H]1O. The molecule has 0 aliphatic carbocycles. The summed E-state index contributed by atoms with van der Waals surface area (Å²) in [6.45, 7) is 2.02. The lowest BCUT2D eigenvalue weighted by molar-refractivity contribution is -0.301. The number of unbranched alkanes of at least 4 members (excludes halogenated alkanes) is 13. The monoisotopic (exact) mass is 490 g/mol. The van der Waals surface area contributed by atoms with Gasteiger partial charge in [0.2, 0.25) is 5.91 Å². The summed E-state index contributed by atoms with van der Waals surface area (Å²) < 4.78 is 10.5. The standard InChI is InChI=1S/C25H50N2O7/c1-2-3-4-5-6-7-8-9-10-11-12-13-14-15-16-27-24(32)19(26)18-33-25-23(31)22(30)21(29)20(17-28)34-25/h19-23,25,28-31H,2-18,26H2,1H3,(H,27,32)/t19-,20+,21-,22-,23+,25+/m0/s1. The van der Waals surface area contributed by atoms with Crippen LogP contribution in [0.5, 0.6) is 0 Å². The van der Waals surface area contributed by atoms with Gasteiger partial charge in [-0.1, -0.05) is 90.4 Å². The molecule has 34 heavy (non-hydrogen) atoms. The van der Waals surface area contributed by atoms with Crippen LogP contribution < -0.4 is 11.1 Å². The highest BCUT2D eigenvalue weighted by Gasteiger charge is 2.44. The molecule has 9 heteroatoms. The van der Waals surface area contributed by atoms with Crippen LogP contribution in [0.15, 0.2) is 0 Å². The summed E-state index contributed by atoms with van der Waals surface area (Å²) in [5, 5.41) is 41.4. The van der Waals surface area contributed by atoms with Gasteiger partial charge in [-0.25, -0.2) is 0 Å². The van der Waals surface area contributed by atoms with Gasteiger partial charge in [0, 0.05) is 6.54 Å². The van der Waals surface area contributed by atoms with Crippen LogP contribution >= 0.6 is 0 Å². The highest BCUT2D eigenvalue weighted by atomic mass is 16.7. The molecule has 1 rings (SSSR count). The van der Waals surface area contributed by atoms with E-state index in [1.165, 1.54) is 77.0 Å². The van der Waals surface area contributed by atoms with E-state index in [-0.39, 0.29) is 12.5 Å². The van der Waals surface area contributed by atoms with Gasteiger partial charge in [0.05, 0.1) is 13.2 Å². The summed E-state index contributed by atoms with van der Waals surface area (Å²) in [4.78, 5) is 12.1. The lowest BCUT2D eigenvalue weighted by Crippen LogP contribution is -2.59. The molecule has 0 aromatic carbocycles. The molecule has 1 fully saturated rings. The first kappa shape index (κ1) is 31.2. The maximum atomic E-state index is 12.1. The second kappa shape index (κ2) is 19.4. The van der Waals surface area contributed by atoms with Crippen molar-refractivity contribution in [3.05, 3.63) is 0 Å². The van der Waals surface area contributed by atoms with Crippen molar-refractivity contribution in [2.45, 2.75) is 134 Å². The zero-order chi connectivity index (χ0) is 25.2. The first-order valence-electron chi connectivity index (χ1n) is 13.4. The minimum absolute atomic E-state index is 0.229. The smallest absolute Gasteiger partial charge is 0.239 e. The number of rotatable bonds is 20. The molecular formula is C25H50N2O7. The van der Waals surface area contributed by atoms with Crippen LogP contribution in [-0.4, -0.2) is 82.8 Å². The quantitative estimate of drug-likeness (QED) is 0.141. The highest BCUT2D eigenvalue weighted by Crippen LogP contribution is 2.22. The second-order valence-corrected chi connectivity index (χ2v) is 9.52. The summed E-state index contributed by atoms with van der Waals surface area (Å²) in [5.41, 5.74) is 5.83. The van der Waals surface area contributed by atoms with Gasteiger partial charge in [0.25, 0.3) is 0 Å². The Bertz CT molecular complexity index is 510. The maximum absolute atomic E-state index is 12.1. The first-order valence-corrected chi connectivity index (χ1v) is 13.4. The Morgan fingerprint density at radius 2 is 1.35 bits per heavy atom.